The summed E-state index contributed by atoms with van der Waals surface area (Å²) < 4.78 is 32.9. The van der Waals surface area contributed by atoms with Gasteiger partial charge in [-0.3, -0.25) is 0 Å². The Kier molecular flexibility index (Phi) is 7.74. The van der Waals surface area contributed by atoms with Crippen molar-refractivity contribution < 1.29 is 18.6 Å². The molecule has 0 aliphatic carbocycles. The van der Waals surface area contributed by atoms with E-state index in [0.29, 0.717) is 25.3 Å². The number of hydrogen-bond donors (Lipinski definition) is 2. The predicted octanol–water partition coefficient (Wildman–Crippen LogP) is 3.43. The minimum atomic E-state index is -1.40. The standard InChI is InChI=1S/C18H19F2NO2.CH3I/c19-15-7-6-13(16(20)10-15)11-18(22,14-4-2-1-3-5-14)17-12-21-8-9-23-17;1-2/h1-7,10,17,21-22H,8-9,11-12H2;1H3/t17-,18-;/m1./s1. The Hall–Kier alpha value is -1.09. The van der Waals surface area contributed by atoms with Crippen LogP contribution in [0.1, 0.15) is 11.1 Å². The summed E-state index contributed by atoms with van der Waals surface area (Å²) in [5, 5.41) is 14.5. The minimum absolute atomic E-state index is 0.00940. The second kappa shape index (κ2) is 9.56. The lowest BCUT2D eigenvalue weighted by molar-refractivity contribution is -0.124. The topological polar surface area (TPSA) is 41.5 Å². The molecular formula is C19H22F2INO2. The summed E-state index contributed by atoms with van der Waals surface area (Å²) in [6.07, 6.45) is -0.502. The predicted molar refractivity (Wildman–Crippen MR) is 103 cm³/mol. The van der Waals surface area contributed by atoms with Crippen LogP contribution in [0.15, 0.2) is 48.5 Å². The van der Waals surface area contributed by atoms with Crippen molar-refractivity contribution in [3.05, 3.63) is 71.3 Å². The summed E-state index contributed by atoms with van der Waals surface area (Å²) in [5.74, 6) is -1.30. The maximum absolute atomic E-state index is 14.1. The number of alkyl halides is 1. The van der Waals surface area contributed by atoms with Gasteiger partial charge in [-0.25, -0.2) is 8.78 Å². The fourth-order valence-corrected chi connectivity index (χ4v) is 2.96. The van der Waals surface area contributed by atoms with Gasteiger partial charge in [0.05, 0.1) is 6.61 Å². The van der Waals surface area contributed by atoms with Crippen molar-refractivity contribution in [2.24, 2.45) is 0 Å². The van der Waals surface area contributed by atoms with Gasteiger partial charge in [0.1, 0.15) is 23.3 Å². The lowest BCUT2D eigenvalue weighted by atomic mass is 9.82. The molecule has 3 rings (SSSR count). The molecule has 0 amide bonds. The van der Waals surface area contributed by atoms with Crippen molar-refractivity contribution in [3.8, 4) is 0 Å². The first-order valence-corrected chi connectivity index (χ1v) is 10.2. The van der Waals surface area contributed by atoms with Crippen molar-refractivity contribution in [3.63, 3.8) is 0 Å². The third-order valence-electron chi connectivity index (χ3n) is 4.21. The van der Waals surface area contributed by atoms with Crippen molar-refractivity contribution in [1.82, 2.24) is 5.32 Å². The van der Waals surface area contributed by atoms with Crippen molar-refractivity contribution in [2.75, 3.05) is 24.6 Å². The van der Waals surface area contributed by atoms with Crippen LogP contribution < -0.4 is 5.32 Å². The van der Waals surface area contributed by atoms with Gasteiger partial charge in [0.25, 0.3) is 0 Å². The maximum Gasteiger partial charge on any atom is 0.129 e. The van der Waals surface area contributed by atoms with E-state index >= 15 is 0 Å². The first kappa shape index (κ1) is 20.2. The molecule has 1 aliphatic heterocycles. The number of rotatable bonds is 4. The van der Waals surface area contributed by atoms with E-state index in [0.717, 1.165) is 6.07 Å². The van der Waals surface area contributed by atoms with Gasteiger partial charge in [-0.05, 0) is 22.1 Å². The molecule has 2 aromatic carbocycles. The molecule has 0 aromatic heterocycles. The molecule has 1 saturated heterocycles. The van der Waals surface area contributed by atoms with Gasteiger partial charge in [0.15, 0.2) is 0 Å². The zero-order valence-corrected chi connectivity index (χ0v) is 16.2. The molecule has 0 spiro atoms. The molecule has 25 heavy (non-hydrogen) atoms. The van der Waals surface area contributed by atoms with Gasteiger partial charge < -0.3 is 15.2 Å². The van der Waals surface area contributed by atoms with E-state index in [1.165, 1.54) is 12.1 Å². The number of halogens is 3. The summed E-state index contributed by atoms with van der Waals surface area (Å²) in [6.45, 7) is 1.66. The highest BCUT2D eigenvalue weighted by molar-refractivity contribution is 14.1. The lowest BCUT2D eigenvalue weighted by Crippen LogP contribution is -2.52. The molecule has 0 unspecified atom stereocenters. The Balaban J connectivity index is 0.00000109. The van der Waals surface area contributed by atoms with Gasteiger partial charge in [-0.1, -0.05) is 59.0 Å². The van der Waals surface area contributed by atoms with E-state index in [1.54, 1.807) is 12.1 Å². The highest BCUT2D eigenvalue weighted by Crippen LogP contribution is 2.32. The molecule has 2 aromatic rings. The van der Waals surface area contributed by atoms with Gasteiger partial charge in [-0.15, -0.1) is 0 Å². The van der Waals surface area contributed by atoms with Crippen LogP contribution in [0.4, 0.5) is 8.78 Å². The average Bonchev–Trinajstić information content (AvgIpc) is 2.67. The zero-order valence-electron chi connectivity index (χ0n) is 14.0. The molecule has 0 saturated carbocycles. The van der Waals surface area contributed by atoms with E-state index in [2.05, 4.69) is 27.9 Å². The lowest BCUT2D eigenvalue weighted by Gasteiger charge is -2.39. The number of ether oxygens (including phenoxy) is 1. The zero-order chi connectivity index (χ0) is 18.3. The van der Waals surface area contributed by atoms with E-state index in [4.69, 9.17) is 4.74 Å². The fourth-order valence-electron chi connectivity index (χ4n) is 2.96. The summed E-state index contributed by atoms with van der Waals surface area (Å²) in [7, 11) is 0. The van der Waals surface area contributed by atoms with E-state index < -0.39 is 23.3 Å². The highest BCUT2D eigenvalue weighted by Gasteiger charge is 2.41. The van der Waals surface area contributed by atoms with Gasteiger partial charge in [0.2, 0.25) is 0 Å². The Morgan fingerprint density at radius 2 is 1.92 bits per heavy atom. The van der Waals surface area contributed by atoms with Gasteiger partial charge in [0, 0.05) is 25.6 Å². The summed E-state index contributed by atoms with van der Waals surface area (Å²) >= 11 is 2.15. The van der Waals surface area contributed by atoms with E-state index in [-0.39, 0.29) is 12.0 Å². The molecule has 136 valence electrons. The molecule has 0 radical (unpaired) electrons. The molecule has 6 heteroatoms. The normalized spacial score (nSPS) is 19.5. The number of benzene rings is 2. The molecule has 2 atom stereocenters. The van der Waals surface area contributed by atoms with Gasteiger partial charge in [-0.2, -0.15) is 0 Å². The quantitative estimate of drug-likeness (QED) is 0.542. The SMILES string of the molecule is CI.O[C@](Cc1ccc(F)cc1F)(c1ccccc1)[C@H]1CNCCO1. The molecule has 0 bridgehead atoms. The molecule has 1 heterocycles. The number of morpholine rings is 1. The number of nitrogens with one attached hydrogen (secondary N) is 1. The van der Waals surface area contributed by atoms with Crippen LogP contribution in [0.3, 0.4) is 0 Å². The highest BCUT2D eigenvalue weighted by atomic mass is 127. The second-order valence-corrected chi connectivity index (χ2v) is 5.77. The average molecular weight is 461 g/mol. The molecule has 3 nitrogen and oxygen atoms in total. The maximum atomic E-state index is 14.1. The molecular weight excluding hydrogens is 439 g/mol. The Bertz CT molecular complexity index is 666. The molecule has 1 fully saturated rings. The van der Waals surface area contributed by atoms with Crippen LogP contribution in [0.25, 0.3) is 0 Å². The third-order valence-corrected chi connectivity index (χ3v) is 4.21. The Morgan fingerprint density at radius 1 is 1.20 bits per heavy atom. The van der Waals surface area contributed by atoms with Gasteiger partial charge >= 0.3 is 0 Å². The van der Waals surface area contributed by atoms with Crippen LogP contribution in [0.2, 0.25) is 0 Å². The summed E-state index contributed by atoms with van der Waals surface area (Å²) in [6, 6.07) is 12.5. The van der Waals surface area contributed by atoms with E-state index in [9.17, 15) is 13.9 Å². The van der Waals surface area contributed by atoms with Crippen molar-refractivity contribution in [2.45, 2.75) is 18.1 Å². The van der Waals surface area contributed by atoms with Crippen LogP contribution in [0, 0.1) is 11.6 Å². The fraction of sp³-hybridized carbons (Fsp3) is 0.368. The Morgan fingerprint density at radius 3 is 2.52 bits per heavy atom. The summed E-state index contributed by atoms with van der Waals surface area (Å²) in [4.78, 5) is 1.97. The number of aliphatic hydroxyl groups is 1. The second-order valence-electron chi connectivity index (χ2n) is 5.77. The van der Waals surface area contributed by atoms with Crippen molar-refractivity contribution >= 4 is 22.6 Å². The van der Waals surface area contributed by atoms with Crippen LogP contribution in [-0.4, -0.2) is 35.8 Å². The van der Waals surface area contributed by atoms with Crippen LogP contribution in [-0.2, 0) is 16.8 Å². The number of hydrogen-bond acceptors (Lipinski definition) is 3. The monoisotopic (exact) mass is 461 g/mol. The first-order valence-electron chi connectivity index (χ1n) is 8.01. The summed E-state index contributed by atoms with van der Waals surface area (Å²) in [5.41, 5.74) is -0.489. The minimum Gasteiger partial charge on any atom is -0.382 e. The third kappa shape index (κ3) is 4.97. The molecule has 2 N–H and O–H groups in total. The smallest absolute Gasteiger partial charge is 0.129 e. The van der Waals surface area contributed by atoms with Crippen LogP contribution in [0.5, 0.6) is 0 Å². The Labute approximate surface area is 160 Å². The first-order chi connectivity index (χ1) is 12.1. The molecule has 1 aliphatic rings. The van der Waals surface area contributed by atoms with E-state index in [1.807, 2.05) is 23.1 Å². The van der Waals surface area contributed by atoms with Crippen LogP contribution >= 0.6 is 22.6 Å². The van der Waals surface area contributed by atoms with Crippen molar-refractivity contribution in [1.29, 1.82) is 0 Å². The largest absolute Gasteiger partial charge is 0.382 e.